The Morgan fingerprint density at radius 3 is 0.516 bits per heavy atom. The average Bonchev–Trinajstić information content (AvgIpc) is 0.791. The summed E-state index contributed by atoms with van der Waals surface area (Å²) in [4.78, 5) is 45.7. The van der Waals surface area contributed by atoms with Gasteiger partial charge in [-0.05, 0) is 0 Å². The number of aliphatic hydroxyl groups is 17. The highest BCUT2D eigenvalue weighted by Crippen LogP contribution is 2.39. The summed E-state index contributed by atoms with van der Waals surface area (Å²) in [5.74, 6) is -7.21. The van der Waals surface area contributed by atoms with E-state index >= 15 is 0 Å². The van der Waals surface area contributed by atoms with E-state index in [1.54, 1.807) is 0 Å². The molecule has 0 unspecified atom stereocenters. The van der Waals surface area contributed by atoms with Gasteiger partial charge in [0.2, 0.25) is 0 Å². The Bertz CT molecular complexity index is 2340. The topological polar surface area (TPSA) is 671 Å². The minimum atomic E-state index is -2.40. The zero-order chi connectivity index (χ0) is 68.0. The zero-order valence-corrected chi connectivity index (χ0v) is 48.2. The lowest BCUT2D eigenvalue weighted by Crippen LogP contribution is -2.68. The van der Waals surface area contributed by atoms with Crippen LogP contribution in [0, 0.1) is 0 Å². The summed E-state index contributed by atoms with van der Waals surface area (Å²) in [5, 5.41) is 239. The lowest BCUT2D eigenvalue weighted by Gasteiger charge is -2.50. The number of hydrogen-bond donors (Lipinski definition) is 17. The fourth-order valence-electron chi connectivity index (χ4n) is 11.4. The van der Waals surface area contributed by atoms with Crippen LogP contribution < -0.4 is 20.4 Å². The van der Waals surface area contributed by atoms with Gasteiger partial charge in [-0.1, -0.05) is 0 Å². The Kier molecular flexibility index (Phi) is 27.0. The number of rotatable bonds is 19. The molecule has 17 N–H and O–H groups in total. The molecule has 35 atom stereocenters. The summed E-state index contributed by atoms with van der Waals surface area (Å²) in [5.41, 5.74) is 0. The molecule has 43 heteroatoms. The van der Waals surface area contributed by atoms with E-state index in [0.29, 0.717) is 0 Å². The van der Waals surface area contributed by atoms with Crippen molar-refractivity contribution in [1.82, 2.24) is 0 Å². The van der Waals surface area contributed by atoms with Gasteiger partial charge in [0.25, 0.3) is 0 Å². The van der Waals surface area contributed by atoms with Gasteiger partial charge >= 0.3 is 0 Å². The minimum Gasteiger partial charge on any atom is -0.548 e. The molecule has 0 radical (unpaired) electrons. The Morgan fingerprint density at radius 1 is 0.237 bits per heavy atom. The van der Waals surface area contributed by atoms with Gasteiger partial charge in [0.05, 0.1) is 96.6 Å². The van der Waals surface area contributed by atoms with Crippen molar-refractivity contribution in [3.8, 4) is 0 Å². The number of ether oxygens (including phenoxy) is 18. The van der Waals surface area contributed by atoms with Crippen molar-refractivity contribution in [2.24, 2.45) is 0 Å². The number of carboxylic acid groups (broad SMARTS) is 4. The third-order valence-corrected chi connectivity index (χ3v) is 16.1. The van der Waals surface area contributed by atoms with Crippen molar-refractivity contribution < 1.29 is 212 Å². The summed E-state index contributed by atoms with van der Waals surface area (Å²) in [7, 11) is 0. The van der Waals surface area contributed by atoms with Gasteiger partial charge < -0.3 is 212 Å². The van der Waals surface area contributed by atoms with E-state index in [4.69, 9.17) is 85.3 Å². The van der Waals surface area contributed by atoms with Crippen LogP contribution in [0.3, 0.4) is 0 Å². The molecular weight excluding hydrogens is 1290 g/mol. The third kappa shape index (κ3) is 17.5. The van der Waals surface area contributed by atoms with Gasteiger partial charge in [0.1, 0.15) is 171 Å². The monoisotopic (exact) mass is 1360 g/mol. The second kappa shape index (κ2) is 33.4. The molecule has 0 aromatic carbocycles. The smallest absolute Gasteiger partial charge is 0.187 e. The number of carbonyl (C=O) groups is 4. The van der Waals surface area contributed by atoms with Crippen LogP contribution in [-0.2, 0) is 104 Å². The van der Waals surface area contributed by atoms with Crippen LogP contribution in [0.1, 0.15) is 0 Å². The van der Waals surface area contributed by atoms with Crippen LogP contribution >= 0.6 is 0 Å². The molecule has 0 aromatic rings. The first-order valence-corrected chi connectivity index (χ1v) is 28.7. The second-order valence-electron chi connectivity index (χ2n) is 22.5. The summed E-state index contributed by atoms with van der Waals surface area (Å²) in [6.07, 6.45) is -76.4. The van der Waals surface area contributed by atoms with Crippen molar-refractivity contribution in [1.29, 1.82) is 0 Å². The predicted octanol–water partition coefficient (Wildman–Crippen LogP) is -20.1. The number of aliphatic hydroxyl groups excluding tert-OH is 17. The summed E-state index contributed by atoms with van der Waals surface area (Å²) in [6, 6.07) is 0. The fraction of sp³-hybridized carbons (Fsp3) is 0.920. The summed E-state index contributed by atoms with van der Waals surface area (Å²) in [6.45, 7) is -12.0. The normalized spacial score (nSPS) is 47.7. The maximum Gasteiger partial charge on any atom is 0.187 e. The zero-order valence-electron chi connectivity index (χ0n) is 48.2. The SMILES string of the molecule is O=C([O-])COC[C@H]1O[C@@H]2O[C@H]3[C@H](O)[C@@H](O)[C@@H](O[C@H]4[C@H](O)[C@@H](O)[C@@H](O[C@H]5[C@H](O)[C@@H](O)[C@@H](O[C@H]6[C@H](O)[C@@H](O)[C@@H](O[C@H]7[C@H](O)[C@@H](O)[C@@H](O[C@H]8[C@H](O)[C@@H](O)[C@@H](O[C@H]1[C@H](O)[C@H]2O)O[C@@H]8CO)O[C@@H]7COCC(=O)[O-])O[C@@H]6COCC(=O)[O-])O[C@@H]5CO)O[C@@H]4COCC(=O)[O-])O[C@@H]3CO. The van der Waals surface area contributed by atoms with Crippen molar-refractivity contribution in [3.63, 3.8) is 0 Å². The molecule has 21 heterocycles. The van der Waals surface area contributed by atoms with Crippen molar-refractivity contribution >= 4 is 23.9 Å². The van der Waals surface area contributed by atoms with Gasteiger partial charge in [-0.25, -0.2) is 0 Å². The lowest BCUT2D eigenvalue weighted by molar-refractivity contribution is -0.397. The molecule has 14 bridgehead atoms. The van der Waals surface area contributed by atoms with E-state index in [9.17, 15) is 126 Å². The number of aliphatic carboxylic acids is 4. The van der Waals surface area contributed by atoms with Gasteiger partial charge in [0.15, 0.2) is 44.0 Å². The first-order chi connectivity index (χ1) is 44.1. The molecule has 21 aliphatic heterocycles. The summed E-state index contributed by atoms with van der Waals surface area (Å²) < 4.78 is 101. The fourth-order valence-corrected chi connectivity index (χ4v) is 11.4. The second-order valence-corrected chi connectivity index (χ2v) is 22.5. The molecule has 0 aromatic heterocycles. The molecule has 21 fully saturated rings. The van der Waals surface area contributed by atoms with E-state index in [0.717, 1.165) is 0 Å². The molecule has 0 amide bonds. The van der Waals surface area contributed by atoms with Gasteiger partial charge in [-0.2, -0.15) is 0 Å². The van der Waals surface area contributed by atoms with E-state index in [1.807, 2.05) is 0 Å². The van der Waals surface area contributed by atoms with Crippen LogP contribution in [0.15, 0.2) is 0 Å². The van der Waals surface area contributed by atoms with Gasteiger partial charge in [0, 0.05) is 0 Å². The van der Waals surface area contributed by atoms with Crippen molar-refractivity contribution in [2.75, 3.05) is 72.7 Å². The summed E-state index contributed by atoms with van der Waals surface area (Å²) >= 11 is 0. The maximum absolute atomic E-state index is 11.7. The standard InChI is InChI=1S/C50H78O43/c51-1-12-37-23(62)30(69)44(80-12)90-40-15(4-76-8-19(54)55)84-48(34(73)27(40)66)88-38-13(2-52)82-46(32(71)25(38)64)92-42-17(6-78-10-21(58)59)86-50(36(75)29(42)68)93-43-18(7-79-11-22(60)61)85-49(35(74)28(43)67)89-39-14(3-53)81-45(31(70)24(39)63)91-41-16(5-77-9-20(56)57)83-47(87-37)33(72)26(41)65/h12-18,23-53,62-75H,1-11H2,(H,54,55)(H,56,57)(H,58,59)(H,60,61)/p-4/t12-,13-,14-,15-,16-,17-,18-,23-,24-,25-,26-,27-,28-,29-,30-,31-,32-,33-,34-,35-,36-,37-,38-,39-,40-,41-,42-,43-,44-,45-,46-,47-,48-,49-,50-/m1/s1. The molecule has 0 saturated carbocycles. The molecule has 0 spiro atoms. The molecule has 536 valence electrons. The third-order valence-electron chi connectivity index (χ3n) is 16.1. The molecule has 43 nitrogen and oxygen atoms in total. The quantitative estimate of drug-likeness (QED) is 0.0571. The predicted molar refractivity (Wildman–Crippen MR) is 263 cm³/mol. The molecule has 21 saturated heterocycles. The van der Waals surface area contributed by atoms with E-state index in [2.05, 4.69) is 0 Å². The first kappa shape index (κ1) is 75.3. The van der Waals surface area contributed by atoms with Crippen LogP contribution in [0.5, 0.6) is 0 Å². The Morgan fingerprint density at radius 2 is 0.376 bits per heavy atom. The highest BCUT2D eigenvalue weighted by atomic mass is 16.8. The number of carbonyl (C=O) groups excluding carboxylic acids is 4. The molecule has 0 aliphatic carbocycles. The Labute approximate surface area is 522 Å². The van der Waals surface area contributed by atoms with Crippen molar-refractivity contribution in [2.45, 2.75) is 215 Å². The number of carboxylic acids is 4. The Hall–Kier alpha value is -3.52. The van der Waals surface area contributed by atoms with E-state index < -0.39 is 311 Å². The van der Waals surface area contributed by atoms with Crippen LogP contribution in [-0.4, -0.2) is 398 Å². The van der Waals surface area contributed by atoms with Gasteiger partial charge in [-0.15, -0.1) is 0 Å². The molecule has 21 rings (SSSR count). The Balaban J connectivity index is 1.14. The first-order valence-electron chi connectivity index (χ1n) is 28.7. The number of hydrogen-bond acceptors (Lipinski definition) is 43. The minimum absolute atomic E-state index is 0.940. The largest absolute Gasteiger partial charge is 0.548 e. The highest BCUT2D eigenvalue weighted by Gasteiger charge is 2.60. The lowest BCUT2D eigenvalue weighted by atomic mass is 9.95. The van der Waals surface area contributed by atoms with Crippen LogP contribution in [0.2, 0.25) is 0 Å². The van der Waals surface area contributed by atoms with Gasteiger partial charge in [-0.3, -0.25) is 0 Å². The van der Waals surface area contributed by atoms with Crippen LogP contribution in [0.25, 0.3) is 0 Å². The maximum atomic E-state index is 11.7. The average molecular weight is 1360 g/mol. The van der Waals surface area contributed by atoms with E-state index in [-0.39, 0.29) is 0 Å². The molecule has 21 aliphatic rings. The molecule has 93 heavy (non-hydrogen) atoms. The molecular formula is C50H74O43-4. The van der Waals surface area contributed by atoms with E-state index in [1.165, 1.54) is 0 Å². The van der Waals surface area contributed by atoms with Crippen LogP contribution in [0.4, 0.5) is 0 Å². The highest BCUT2D eigenvalue weighted by molar-refractivity contribution is 5.66. The van der Waals surface area contributed by atoms with Crippen molar-refractivity contribution in [3.05, 3.63) is 0 Å².